The van der Waals surface area contributed by atoms with Crippen LogP contribution in [0, 0.1) is 30.4 Å². The van der Waals surface area contributed by atoms with Gasteiger partial charge in [-0.2, -0.15) is 13.2 Å². The van der Waals surface area contributed by atoms with E-state index in [0.29, 0.717) is 0 Å². The van der Waals surface area contributed by atoms with Crippen LogP contribution in [-0.4, -0.2) is 6.18 Å². The molecule has 0 N–H and O–H groups in total. The second-order valence-electron chi connectivity index (χ2n) is 5.60. The van der Waals surface area contributed by atoms with Gasteiger partial charge in [0.15, 0.2) is 0 Å². The Morgan fingerprint density at radius 2 is 1.48 bits per heavy atom. The molecule has 25 heavy (non-hydrogen) atoms. The average Bonchev–Trinajstić information content (AvgIpc) is 2.53. The van der Waals surface area contributed by atoms with Crippen LogP contribution in [0.5, 0.6) is 0 Å². The van der Waals surface area contributed by atoms with E-state index in [1.165, 1.54) is 6.07 Å². The van der Waals surface area contributed by atoms with E-state index >= 15 is 0 Å². The first-order valence-electron chi connectivity index (χ1n) is 7.33. The highest BCUT2D eigenvalue weighted by atomic mass is 19.4. The minimum atomic E-state index is -4.82. The van der Waals surface area contributed by atoms with Gasteiger partial charge in [0.2, 0.25) is 0 Å². The molecule has 0 atom stereocenters. The maximum absolute atomic E-state index is 14.4. The molecule has 5 heteroatoms. The Labute approximate surface area is 140 Å². The Bertz CT molecular complexity index is 1000. The molecular formula is C20H11F5. The first kappa shape index (κ1) is 17.0. The summed E-state index contributed by atoms with van der Waals surface area (Å²) in [6.45, 7) is 1.94. The number of fused-ring (bicyclic) bond motifs is 1. The SMILES string of the molecule is Cc1ccc(-c2ccc3c(F)c(C#CC(F)(F)F)c(F)cc3c2)cc1. The molecule has 0 saturated heterocycles. The molecule has 0 aromatic heterocycles. The molecule has 0 unspecified atom stereocenters. The number of rotatable bonds is 1. The molecule has 0 aliphatic heterocycles. The maximum Gasteiger partial charge on any atom is 0.458 e. The molecule has 0 heterocycles. The fourth-order valence-electron chi connectivity index (χ4n) is 2.50. The monoisotopic (exact) mass is 346 g/mol. The van der Waals surface area contributed by atoms with Crippen molar-refractivity contribution < 1.29 is 22.0 Å². The molecule has 0 nitrogen and oxygen atoms in total. The van der Waals surface area contributed by atoms with Gasteiger partial charge in [0.05, 0.1) is 5.56 Å². The molecule has 0 bridgehead atoms. The third-order valence-electron chi connectivity index (χ3n) is 3.74. The van der Waals surface area contributed by atoms with Crippen LogP contribution >= 0.6 is 0 Å². The number of benzene rings is 3. The zero-order chi connectivity index (χ0) is 18.2. The summed E-state index contributed by atoms with van der Waals surface area (Å²) in [6, 6.07) is 13.2. The third-order valence-corrected chi connectivity index (χ3v) is 3.74. The van der Waals surface area contributed by atoms with E-state index in [9.17, 15) is 22.0 Å². The number of alkyl halides is 3. The van der Waals surface area contributed by atoms with E-state index in [-0.39, 0.29) is 10.8 Å². The standard InChI is InChI=1S/C20H11F5/c1-12-2-4-13(5-3-12)14-6-7-16-15(10-14)11-18(21)17(19(16)22)8-9-20(23,24)25/h2-7,10-11H,1H3. The minimum Gasteiger partial charge on any atom is -0.205 e. The van der Waals surface area contributed by atoms with Crippen LogP contribution in [0.25, 0.3) is 21.9 Å². The first-order chi connectivity index (χ1) is 11.7. The summed E-state index contributed by atoms with van der Waals surface area (Å²) in [5.41, 5.74) is 1.82. The normalized spacial score (nSPS) is 11.3. The highest BCUT2D eigenvalue weighted by Crippen LogP contribution is 2.29. The molecule has 3 aromatic rings. The lowest BCUT2D eigenvalue weighted by atomic mass is 9.98. The van der Waals surface area contributed by atoms with E-state index in [2.05, 4.69) is 0 Å². The highest BCUT2D eigenvalue weighted by Gasteiger charge is 2.24. The smallest absolute Gasteiger partial charge is 0.205 e. The Morgan fingerprint density at radius 1 is 0.840 bits per heavy atom. The molecule has 126 valence electrons. The largest absolute Gasteiger partial charge is 0.458 e. The Hall–Kier alpha value is -2.87. The van der Waals surface area contributed by atoms with E-state index in [1.807, 2.05) is 31.2 Å². The van der Waals surface area contributed by atoms with E-state index < -0.39 is 23.4 Å². The van der Waals surface area contributed by atoms with Gasteiger partial charge >= 0.3 is 6.18 Å². The van der Waals surface area contributed by atoms with Gasteiger partial charge in [0, 0.05) is 11.3 Å². The highest BCUT2D eigenvalue weighted by molar-refractivity contribution is 5.89. The van der Waals surface area contributed by atoms with Crippen molar-refractivity contribution in [2.24, 2.45) is 0 Å². The van der Waals surface area contributed by atoms with Crippen molar-refractivity contribution in [3.05, 3.63) is 71.3 Å². The van der Waals surface area contributed by atoms with Gasteiger partial charge in [0.1, 0.15) is 11.6 Å². The van der Waals surface area contributed by atoms with E-state index in [1.54, 1.807) is 18.1 Å². The van der Waals surface area contributed by atoms with Crippen molar-refractivity contribution in [3.8, 4) is 23.0 Å². The number of halogens is 5. The summed E-state index contributed by atoms with van der Waals surface area (Å²) >= 11 is 0. The molecule has 0 aliphatic carbocycles. The van der Waals surface area contributed by atoms with Crippen molar-refractivity contribution in [1.29, 1.82) is 0 Å². The minimum absolute atomic E-state index is 0.0173. The van der Waals surface area contributed by atoms with Crippen molar-refractivity contribution in [2.45, 2.75) is 13.1 Å². The predicted octanol–water partition coefficient (Wildman–Crippen LogP) is 6.01. The quantitative estimate of drug-likeness (QED) is 0.374. The Balaban J connectivity index is 2.13. The second kappa shape index (κ2) is 6.21. The number of hydrogen-bond donors (Lipinski definition) is 0. The molecular weight excluding hydrogens is 335 g/mol. The summed E-state index contributed by atoms with van der Waals surface area (Å²) < 4.78 is 64.9. The molecule has 0 fully saturated rings. The van der Waals surface area contributed by atoms with Gasteiger partial charge in [-0.25, -0.2) is 8.78 Å². The van der Waals surface area contributed by atoms with Gasteiger partial charge in [-0.15, -0.1) is 0 Å². The summed E-state index contributed by atoms with van der Waals surface area (Å²) in [7, 11) is 0. The second-order valence-corrected chi connectivity index (χ2v) is 5.60. The molecule has 3 aromatic carbocycles. The third kappa shape index (κ3) is 3.63. The summed E-state index contributed by atoms with van der Waals surface area (Å²) in [6.07, 6.45) is -4.82. The summed E-state index contributed by atoms with van der Waals surface area (Å²) in [4.78, 5) is 0. The number of hydrogen-bond acceptors (Lipinski definition) is 0. The molecule has 0 spiro atoms. The molecule has 0 amide bonds. The van der Waals surface area contributed by atoms with Gasteiger partial charge in [-0.1, -0.05) is 47.9 Å². The summed E-state index contributed by atoms with van der Waals surface area (Å²) in [5, 5.41) is 0.273. The van der Waals surface area contributed by atoms with Gasteiger partial charge in [0.25, 0.3) is 0 Å². The van der Waals surface area contributed by atoms with Crippen LogP contribution in [0.1, 0.15) is 11.1 Å². The van der Waals surface area contributed by atoms with Crippen LogP contribution in [0.2, 0.25) is 0 Å². The van der Waals surface area contributed by atoms with Crippen molar-refractivity contribution in [3.63, 3.8) is 0 Å². The summed E-state index contributed by atoms with van der Waals surface area (Å²) in [5.74, 6) is 0.220. The Morgan fingerprint density at radius 3 is 2.12 bits per heavy atom. The van der Waals surface area contributed by atoms with Crippen LogP contribution in [0.15, 0.2) is 48.5 Å². The van der Waals surface area contributed by atoms with Crippen molar-refractivity contribution in [2.75, 3.05) is 0 Å². The maximum atomic E-state index is 14.4. The lowest BCUT2D eigenvalue weighted by molar-refractivity contribution is -0.0696. The molecule has 0 radical (unpaired) electrons. The van der Waals surface area contributed by atoms with E-state index in [0.717, 1.165) is 28.7 Å². The van der Waals surface area contributed by atoms with Gasteiger partial charge in [-0.3, -0.25) is 0 Å². The van der Waals surface area contributed by atoms with E-state index in [4.69, 9.17) is 0 Å². The van der Waals surface area contributed by atoms with Crippen LogP contribution in [-0.2, 0) is 0 Å². The van der Waals surface area contributed by atoms with Crippen LogP contribution < -0.4 is 0 Å². The average molecular weight is 346 g/mol. The number of aryl methyl sites for hydroxylation is 1. The lowest BCUT2D eigenvalue weighted by Crippen LogP contribution is -2.02. The first-order valence-corrected chi connectivity index (χ1v) is 7.33. The molecule has 0 aliphatic rings. The Kier molecular flexibility index (Phi) is 4.22. The zero-order valence-electron chi connectivity index (χ0n) is 13.0. The lowest BCUT2D eigenvalue weighted by Gasteiger charge is -2.08. The van der Waals surface area contributed by atoms with Crippen LogP contribution in [0.3, 0.4) is 0 Å². The fraction of sp³-hybridized carbons (Fsp3) is 0.100. The molecule has 0 saturated carbocycles. The zero-order valence-corrected chi connectivity index (χ0v) is 13.0. The predicted molar refractivity (Wildman–Crippen MR) is 87.0 cm³/mol. The van der Waals surface area contributed by atoms with Crippen LogP contribution in [0.4, 0.5) is 22.0 Å². The molecule has 3 rings (SSSR count). The van der Waals surface area contributed by atoms with Crippen molar-refractivity contribution in [1.82, 2.24) is 0 Å². The van der Waals surface area contributed by atoms with Gasteiger partial charge < -0.3 is 0 Å². The fourth-order valence-corrected chi connectivity index (χ4v) is 2.50. The van der Waals surface area contributed by atoms with Crippen molar-refractivity contribution >= 4 is 10.8 Å². The van der Waals surface area contributed by atoms with Gasteiger partial charge in [-0.05, 0) is 35.6 Å². The topological polar surface area (TPSA) is 0 Å².